The van der Waals surface area contributed by atoms with Crippen molar-refractivity contribution in [1.82, 2.24) is 0 Å². The lowest BCUT2D eigenvalue weighted by Gasteiger charge is -2.09. The summed E-state index contributed by atoms with van der Waals surface area (Å²) < 4.78 is 0. The molecule has 1 N–H and O–H groups in total. The minimum Gasteiger partial charge on any atom is -0.393 e. The van der Waals surface area contributed by atoms with Gasteiger partial charge < -0.3 is 5.11 Å². The zero-order valence-corrected chi connectivity index (χ0v) is 9.09. The van der Waals surface area contributed by atoms with Crippen LogP contribution in [0.2, 0.25) is 19.6 Å². The highest BCUT2D eigenvalue weighted by atomic mass is 28.3. The first kappa shape index (κ1) is 10.9. The standard InChI is InChI=1S/C9H20OSi/c1-5-9(10)7-6-8-11(2,3)4/h6,8-10H,5,7H2,1-4H3/b8-6-. The van der Waals surface area contributed by atoms with Gasteiger partial charge in [0.05, 0.1) is 14.2 Å². The lowest BCUT2D eigenvalue weighted by molar-refractivity contribution is 0.174. The van der Waals surface area contributed by atoms with Gasteiger partial charge in [0.1, 0.15) is 0 Å². The summed E-state index contributed by atoms with van der Waals surface area (Å²) in [5, 5.41) is 9.22. The number of aliphatic hydroxyl groups is 1. The number of hydrogen-bond acceptors (Lipinski definition) is 1. The molecule has 0 saturated carbocycles. The summed E-state index contributed by atoms with van der Waals surface area (Å²) in [7, 11) is -1.03. The van der Waals surface area contributed by atoms with E-state index in [-0.39, 0.29) is 6.10 Å². The second kappa shape index (κ2) is 4.73. The largest absolute Gasteiger partial charge is 0.393 e. The van der Waals surface area contributed by atoms with Crippen LogP contribution in [0.15, 0.2) is 11.8 Å². The summed E-state index contributed by atoms with van der Waals surface area (Å²) in [5.41, 5.74) is 2.28. The molecule has 0 fully saturated rings. The molecule has 0 radical (unpaired) electrons. The normalized spacial score (nSPS) is 15.7. The van der Waals surface area contributed by atoms with Gasteiger partial charge in [-0.3, -0.25) is 0 Å². The first-order chi connectivity index (χ1) is 4.95. The molecule has 0 saturated heterocycles. The molecule has 0 aliphatic carbocycles. The van der Waals surface area contributed by atoms with E-state index in [4.69, 9.17) is 0 Å². The second-order valence-electron chi connectivity index (χ2n) is 4.07. The molecule has 1 nitrogen and oxygen atoms in total. The number of hydrogen-bond donors (Lipinski definition) is 1. The molecule has 66 valence electrons. The van der Waals surface area contributed by atoms with Crippen LogP contribution in [0.3, 0.4) is 0 Å². The van der Waals surface area contributed by atoms with Gasteiger partial charge in [-0.2, -0.15) is 0 Å². The van der Waals surface area contributed by atoms with Gasteiger partial charge in [-0.25, -0.2) is 0 Å². The summed E-state index contributed by atoms with van der Waals surface area (Å²) in [6, 6.07) is 0. The van der Waals surface area contributed by atoms with Crippen molar-refractivity contribution >= 4 is 8.07 Å². The van der Waals surface area contributed by atoms with Crippen molar-refractivity contribution in [2.75, 3.05) is 0 Å². The Morgan fingerprint density at radius 1 is 1.36 bits per heavy atom. The first-order valence-electron chi connectivity index (χ1n) is 4.31. The Hall–Kier alpha value is -0.0831. The maximum atomic E-state index is 9.22. The Morgan fingerprint density at radius 3 is 2.27 bits per heavy atom. The molecule has 2 heteroatoms. The minimum atomic E-state index is -1.03. The molecule has 0 aromatic rings. The van der Waals surface area contributed by atoms with Crippen LogP contribution < -0.4 is 0 Å². The van der Waals surface area contributed by atoms with Crippen LogP contribution in [0.1, 0.15) is 19.8 Å². The van der Waals surface area contributed by atoms with E-state index in [1.807, 2.05) is 6.92 Å². The van der Waals surface area contributed by atoms with Crippen molar-refractivity contribution < 1.29 is 5.11 Å². The van der Waals surface area contributed by atoms with Crippen LogP contribution in [0.5, 0.6) is 0 Å². The van der Waals surface area contributed by atoms with Crippen LogP contribution in [0, 0.1) is 0 Å². The third-order valence-corrected chi connectivity index (χ3v) is 2.73. The Morgan fingerprint density at radius 2 is 1.91 bits per heavy atom. The zero-order valence-electron chi connectivity index (χ0n) is 8.09. The molecule has 1 unspecified atom stereocenters. The zero-order chi connectivity index (χ0) is 8.91. The Kier molecular flexibility index (Phi) is 4.69. The van der Waals surface area contributed by atoms with Gasteiger partial charge in [0, 0.05) is 0 Å². The fourth-order valence-corrected chi connectivity index (χ4v) is 1.59. The summed E-state index contributed by atoms with van der Waals surface area (Å²) >= 11 is 0. The second-order valence-corrected chi connectivity index (χ2v) is 9.13. The van der Waals surface area contributed by atoms with E-state index in [1.165, 1.54) is 0 Å². The molecule has 11 heavy (non-hydrogen) atoms. The third kappa shape index (κ3) is 7.82. The van der Waals surface area contributed by atoms with Gasteiger partial charge in [-0.05, 0) is 12.8 Å². The molecular formula is C9H20OSi. The number of rotatable bonds is 4. The summed E-state index contributed by atoms with van der Waals surface area (Å²) in [6.45, 7) is 8.89. The summed E-state index contributed by atoms with van der Waals surface area (Å²) in [6.07, 6.45) is 3.67. The molecule has 0 rings (SSSR count). The van der Waals surface area contributed by atoms with Crippen molar-refractivity contribution in [3.8, 4) is 0 Å². The Bertz CT molecular complexity index is 124. The van der Waals surface area contributed by atoms with E-state index >= 15 is 0 Å². The van der Waals surface area contributed by atoms with Gasteiger partial charge in [0.25, 0.3) is 0 Å². The lowest BCUT2D eigenvalue weighted by Crippen LogP contribution is -2.15. The van der Waals surface area contributed by atoms with E-state index in [9.17, 15) is 5.11 Å². The van der Waals surface area contributed by atoms with E-state index in [0.717, 1.165) is 12.8 Å². The van der Waals surface area contributed by atoms with Crippen molar-refractivity contribution in [3.63, 3.8) is 0 Å². The highest BCUT2D eigenvalue weighted by Gasteiger charge is 2.06. The van der Waals surface area contributed by atoms with Gasteiger partial charge in [-0.1, -0.05) is 38.3 Å². The van der Waals surface area contributed by atoms with Gasteiger partial charge in [0.2, 0.25) is 0 Å². The predicted octanol–water partition coefficient (Wildman–Crippen LogP) is 2.58. The van der Waals surface area contributed by atoms with Crippen LogP contribution in [-0.2, 0) is 0 Å². The van der Waals surface area contributed by atoms with Crippen molar-refractivity contribution in [2.45, 2.75) is 45.5 Å². The average Bonchev–Trinajstić information content (AvgIpc) is 1.85. The quantitative estimate of drug-likeness (QED) is 0.646. The van der Waals surface area contributed by atoms with Gasteiger partial charge in [-0.15, -0.1) is 0 Å². The fraction of sp³-hybridized carbons (Fsp3) is 0.778. The average molecular weight is 172 g/mol. The van der Waals surface area contributed by atoms with Crippen LogP contribution in [0.25, 0.3) is 0 Å². The molecule has 0 aromatic carbocycles. The van der Waals surface area contributed by atoms with Crippen molar-refractivity contribution in [1.29, 1.82) is 0 Å². The molecule has 0 aliphatic heterocycles. The van der Waals surface area contributed by atoms with E-state index in [1.54, 1.807) is 0 Å². The van der Waals surface area contributed by atoms with E-state index in [0.29, 0.717) is 0 Å². The highest BCUT2D eigenvalue weighted by molar-refractivity contribution is 6.80. The molecule has 0 bridgehead atoms. The maximum absolute atomic E-state index is 9.22. The molecule has 0 aromatic heterocycles. The predicted molar refractivity (Wildman–Crippen MR) is 53.4 cm³/mol. The molecular weight excluding hydrogens is 152 g/mol. The van der Waals surface area contributed by atoms with Crippen molar-refractivity contribution in [3.05, 3.63) is 11.8 Å². The minimum absolute atomic E-state index is 0.136. The molecule has 0 amide bonds. The van der Waals surface area contributed by atoms with Gasteiger partial charge >= 0.3 is 0 Å². The van der Waals surface area contributed by atoms with Crippen LogP contribution >= 0.6 is 0 Å². The fourth-order valence-electron chi connectivity index (χ4n) is 0.745. The molecule has 0 aliphatic rings. The number of aliphatic hydroxyl groups excluding tert-OH is 1. The van der Waals surface area contributed by atoms with E-state index < -0.39 is 8.07 Å². The van der Waals surface area contributed by atoms with E-state index in [2.05, 4.69) is 31.4 Å². The third-order valence-electron chi connectivity index (χ3n) is 1.50. The van der Waals surface area contributed by atoms with Gasteiger partial charge in [0.15, 0.2) is 0 Å². The highest BCUT2D eigenvalue weighted by Crippen LogP contribution is 2.04. The monoisotopic (exact) mass is 172 g/mol. The molecule has 0 heterocycles. The first-order valence-corrected chi connectivity index (χ1v) is 7.89. The summed E-state index contributed by atoms with van der Waals surface area (Å²) in [4.78, 5) is 0. The topological polar surface area (TPSA) is 20.2 Å². The smallest absolute Gasteiger partial charge is 0.0682 e. The summed E-state index contributed by atoms with van der Waals surface area (Å²) in [5.74, 6) is 0. The maximum Gasteiger partial charge on any atom is 0.0682 e. The lowest BCUT2D eigenvalue weighted by atomic mass is 10.2. The van der Waals surface area contributed by atoms with Crippen LogP contribution in [-0.4, -0.2) is 19.3 Å². The van der Waals surface area contributed by atoms with Crippen LogP contribution in [0.4, 0.5) is 0 Å². The van der Waals surface area contributed by atoms with Crippen molar-refractivity contribution in [2.24, 2.45) is 0 Å². The SMILES string of the molecule is CCC(O)C/C=C\[Si](C)(C)C. The molecule has 1 atom stereocenters. The Labute approximate surface area is 71.1 Å². The Balaban J connectivity index is 3.61. The molecule has 0 spiro atoms.